The third-order valence-corrected chi connectivity index (χ3v) is 2.31. The molecule has 1 unspecified atom stereocenters. The summed E-state index contributed by atoms with van der Waals surface area (Å²) in [5.74, 6) is 0. The van der Waals surface area contributed by atoms with Crippen LogP contribution < -0.4 is 0 Å². The molecule has 0 aromatic rings. The molecular formula is C8H13Cl3O. The molecule has 72 valence electrons. The Morgan fingerprint density at radius 3 is 2.00 bits per heavy atom. The molecule has 0 saturated carbocycles. The van der Waals surface area contributed by atoms with Gasteiger partial charge in [-0.05, 0) is 12.8 Å². The van der Waals surface area contributed by atoms with Gasteiger partial charge in [-0.3, -0.25) is 0 Å². The maximum atomic E-state index is 9.35. The van der Waals surface area contributed by atoms with E-state index in [0.717, 1.165) is 18.4 Å². The van der Waals surface area contributed by atoms with Gasteiger partial charge in [0.1, 0.15) is 6.10 Å². The van der Waals surface area contributed by atoms with Gasteiger partial charge in [0.25, 0.3) is 0 Å². The summed E-state index contributed by atoms with van der Waals surface area (Å²) in [5, 5.41) is 9.35. The number of rotatable bonds is 3. The monoisotopic (exact) mass is 230 g/mol. The lowest BCUT2D eigenvalue weighted by atomic mass is 10.1. The van der Waals surface area contributed by atoms with Gasteiger partial charge in [0, 0.05) is 0 Å². The largest absolute Gasteiger partial charge is 0.385 e. The Bertz CT molecular complexity index is 154. The van der Waals surface area contributed by atoms with E-state index in [2.05, 4.69) is 0 Å². The highest BCUT2D eigenvalue weighted by atomic mass is 35.6. The van der Waals surface area contributed by atoms with Gasteiger partial charge in [0.2, 0.25) is 3.79 Å². The van der Waals surface area contributed by atoms with Gasteiger partial charge in [-0.25, -0.2) is 0 Å². The molecule has 4 heteroatoms. The minimum atomic E-state index is -1.62. The highest BCUT2D eigenvalue weighted by Gasteiger charge is 2.28. The van der Waals surface area contributed by atoms with Gasteiger partial charge < -0.3 is 5.11 Å². The van der Waals surface area contributed by atoms with E-state index >= 15 is 0 Å². The first-order valence-electron chi connectivity index (χ1n) is 3.86. The molecule has 1 nitrogen and oxygen atoms in total. The average Bonchev–Trinajstić information content (AvgIpc) is 1.97. The summed E-state index contributed by atoms with van der Waals surface area (Å²) in [6.45, 7) is 4.00. The molecule has 0 spiro atoms. The van der Waals surface area contributed by atoms with E-state index in [1.165, 1.54) is 0 Å². The van der Waals surface area contributed by atoms with E-state index < -0.39 is 9.90 Å². The number of aliphatic hydroxyl groups excluding tert-OH is 1. The summed E-state index contributed by atoms with van der Waals surface area (Å²) < 4.78 is -1.62. The summed E-state index contributed by atoms with van der Waals surface area (Å²) in [6.07, 6.45) is 2.33. The first-order chi connectivity index (χ1) is 5.41. The van der Waals surface area contributed by atoms with Crippen molar-refractivity contribution >= 4 is 34.8 Å². The lowest BCUT2D eigenvalue weighted by molar-refractivity contribution is 0.226. The van der Waals surface area contributed by atoms with Crippen LogP contribution in [0.25, 0.3) is 0 Å². The van der Waals surface area contributed by atoms with Crippen molar-refractivity contribution in [1.82, 2.24) is 0 Å². The predicted molar refractivity (Wildman–Crippen MR) is 55.0 cm³/mol. The number of alkyl halides is 3. The van der Waals surface area contributed by atoms with Gasteiger partial charge in [-0.15, -0.1) is 0 Å². The van der Waals surface area contributed by atoms with Crippen molar-refractivity contribution in [3.05, 3.63) is 11.6 Å². The average molecular weight is 232 g/mol. The summed E-state index contributed by atoms with van der Waals surface area (Å²) in [6, 6.07) is 0. The second-order valence-electron chi connectivity index (χ2n) is 2.52. The normalized spacial score (nSPS) is 14.2. The van der Waals surface area contributed by atoms with E-state index in [4.69, 9.17) is 34.8 Å². The zero-order valence-electron chi connectivity index (χ0n) is 7.15. The number of halogens is 3. The molecule has 0 rings (SSSR count). The van der Waals surface area contributed by atoms with Crippen molar-refractivity contribution in [2.24, 2.45) is 0 Å². The molecule has 0 aromatic carbocycles. The van der Waals surface area contributed by atoms with E-state index in [-0.39, 0.29) is 0 Å². The number of aliphatic hydroxyl groups is 1. The summed E-state index contributed by atoms with van der Waals surface area (Å²) in [5.41, 5.74) is 1.09. The lowest BCUT2D eigenvalue weighted by Gasteiger charge is -2.16. The van der Waals surface area contributed by atoms with Crippen molar-refractivity contribution < 1.29 is 5.11 Å². The second kappa shape index (κ2) is 5.33. The van der Waals surface area contributed by atoms with Crippen LogP contribution in [-0.4, -0.2) is 15.0 Å². The molecule has 1 atom stereocenters. The first-order valence-corrected chi connectivity index (χ1v) is 4.99. The maximum Gasteiger partial charge on any atom is 0.219 e. The molecular weight excluding hydrogens is 218 g/mol. The topological polar surface area (TPSA) is 20.2 Å². The van der Waals surface area contributed by atoms with Crippen LogP contribution in [0.2, 0.25) is 0 Å². The molecule has 12 heavy (non-hydrogen) atoms. The third kappa shape index (κ3) is 4.56. The van der Waals surface area contributed by atoms with Crippen LogP contribution in [0.4, 0.5) is 0 Å². The fourth-order valence-corrected chi connectivity index (χ4v) is 0.992. The smallest absolute Gasteiger partial charge is 0.219 e. The summed E-state index contributed by atoms with van der Waals surface area (Å²) >= 11 is 16.4. The minimum absolute atomic E-state index is 0.869. The van der Waals surface area contributed by atoms with Crippen molar-refractivity contribution in [1.29, 1.82) is 0 Å². The van der Waals surface area contributed by atoms with Crippen LogP contribution in [-0.2, 0) is 0 Å². The Morgan fingerprint density at radius 2 is 1.75 bits per heavy atom. The Kier molecular flexibility index (Phi) is 5.59. The Labute approximate surface area is 88.3 Å². The molecule has 0 aromatic heterocycles. The van der Waals surface area contributed by atoms with E-state index in [9.17, 15) is 5.11 Å². The second-order valence-corrected chi connectivity index (χ2v) is 4.89. The third-order valence-electron chi connectivity index (χ3n) is 1.64. The minimum Gasteiger partial charge on any atom is -0.385 e. The summed E-state index contributed by atoms with van der Waals surface area (Å²) in [4.78, 5) is 0. The lowest BCUT2D eigenvalue weighted by Crippen LogP contribution is -2.23. The SMILES string of the molecule is CCC(=CC(O)C(Cl)(Cl)Cl)CC. The molecule has 0 aliphatic rings. The number of hydrogen-bond acceptors (Lipinski definition) is 1. The summed E-state index contributed by atoms with van der Waals surface area (Å²) in [7, 11) is 0. The molecule has 0 amide bonds. The molecule has 0 bridgehead atoms. The number of allylic oxidation sites excluding steroid dienone is 1. The van der Waals surface area contributed by atoms with Crippen LogP contribution in [0.1, 0.15) is 26.7 Å². The molecule has 1 N–H and O–H groups in total. The number of hydrogen-bond donors (Lipinski definition) is 1. The Balaban J connectivity index is 4.30. The standard InChI is InChI=1S/C8H13Cl3O/c1-3-6(4-2)5-7(12)8(9,10)11/h5,7,12H,3-4H2,1-2H3. The van der Waals surface area contributed by atoms with Crippen molar-refractivity contribution in [2.45, 2.75) is 36.6 Å². The van der Waals surface area contributed by atoms with Crippen LogP contribution in [0.3, 0.4) is 0 Å². The zero-order chi connectivity index (χ0) is 9.78. The Hall–Kier alpha value is 0.570. The van der Waals surface area contributed by atoms with Crippen LogP contribution in [0, 0.1) is 0 Å². The molecule has 0 aliphatic carbocycles. The van der Waals surface area contributed by atoms with Gasteiger partial charge in [-0.2, -0.15) is 0 Å². The van der Waals surface area contributed by atoms with Crippen molar-refractivity contribution in [3.63, 3.8) is 0 Å². The highest BCUT2D eigenvalue weighted by Crippen LogP contribution is 2.31. The van der Waals surface area contributed by atoms with Gasteiger partial charge in [0.15, 0.2) is 0 Å². The maximum absolute atomic E-state index is 9.35. The molecule has 0 aliphatic heterocycles. The van der Waals surface area contributed by atoms with E-state index in [1.807, 2.05) is 13.8 Å². The van der Waals surface area contributed by atoms with Crippen molar-refractivity contribution in [2.75, 3.05) is 0 Å². The van der Waals surface area contributed by atoms with Gasteiger partial charge in [0.05, 0.1) is 0 Å². The molecule has 0 fully saturated rings. The fraction of sp³-hybridized carbons (Fsp3) is 0.750. The van der Waals surface area contributed by atoms with E-state index in [1.54, 1.807) is 6.08 Å². The molecule has 0 heterocycles. The highest BCUT2D eigenvalue weighted by molar-refractivity contribution is 6.68. The van der Waals surface area contributed by atoms with E-state index in [0.29, 0.717) is 0 Å². The van der Waals surface area contributed by atoms with Crippen LogP contribution in [0.5, 0.6) is 0 Å². The zero-order valence-corrected chi connectivity index (χ0v) is 9.42. The Morgan fingerprint density at radius 1 is 1.33 bits per heavy atom. The van der Waals surface area contributed by atoms with Crippen LogP contribution in [0.15, 0.2) is 11.6 Å². The predicted octanol–water partition coefficient (Wildman–Crippen LogP) is 3.46. The van der Waals surface area contributed by atoms with Gasteiger partial charge >= 0.3 is 0 Å². The quantitative estimate of drug-likeness (QED) is 0.583. The van der Waals surface area contributed by atoms with Crippen LogP contribution >= 0.6 is 34.8 Å². The fourth-order valence-electron chi connectivity index (χ4n) is 0.803. The van der Waals surface area contributed by atoms with Gasteiger partial charge in [-0.1, -0.05) is 60.3 Å². The van der Waals surface area contributed by atoms with Crippen molar-refractivity contribution in [3.8, 4) is 0 Å². The molecule has 0 radical (unpaired) electrons. The first kappa shape index (κ1) is 12.6. The molecule has 0 saturated heterocycles.